The molecule has 120 valence electrons. The Morgan fingerprint density at radius 3 is 2.38 bits per heavy atom. The molecule has 0 heterocycles. The topological polar surface area (TPSA) is 21.3 Å². The van der Waals surface area contributed by atoms with E-state index in [-0.39, 0.29) is 24.1 Å². The lowest BCUT2D eigenvalue weighted by molar-refractivity contribution is -0.0329. The molecule has 1 N–H and O–H groups in total. The highest BCUT2D eigenvalue weighted by Crippen LogP contribution is 2.35. The first-order valence-corrected chi connectivity index (χ1v) is 8.92. The van der Waals surface area contributed by atoms with Gasteiger partial charge in [0.05, 0.1) is 15.6 Å². The first-order chi connectivity index (χ1) is 9.83. The number of ether oxygens (including phenoxy) is 1. The Morgan fingerprint density at radius 1 is 1.24 bits per heavy atom. The Hall–Kier alpha value is 0.0800. The summed E-state index contributed by atoms with van der Waals surface area (Å²) < 4.78 is 42.9. The Balaban J connectivity index is 2.55. The van der Waals surface area contributed by atoms with Gasteiger partial charge in [0, 0.05) is 12.3 Å². The van der Waals surface area contributed by atoms with E-state index in [2.05, 4.69) is 44.1 Å². The highest BCUT2D eigenvalue weighted by atomic mass is 79.9. The zero-order valence-electron chi connectivity index (χ0n) is 11.4. The van der Waals surface area contributed by atoms with Gasteiger partial charge in [0.1, 0.15) is 5.75 Å². The van der Waals surface area contributed by atoms with Gasteiger partial charge in [-0.25, -0.2) is 0 Å². The first kappa shape index (κ1) is 19.1. The molecule has 8 heteroatoms. The van der Waals surface area contributed by atoms with E-state index in [0.29, 0.717) is 5.75 Å². The van der Waals surface area contributed by atoms with Gasteiger partial charge >= 0.3 is 5.51 Å². The molecule has 0 fully saturated rings. The van der Waals surface area contributed by atoms with Crippen molar-refractivity contribution in [1.82, 2.24) is 5.32 Å². The highest BCUT2D eigenvalue weighted by Gasteiger charge is 2.27. The molecule has 0 aromatic heterocycles. The molecular weight excluding hydrogens is 435 g/mol. The van der Waals surface area contributed by atoms with Gasteiger partial charge in [0.15, 0.2) is 0 Å². The lowest BCUT2D eigenvalue weighted by atomic mass is 10.2. The lowest BCUT2D eigenvalue weighted by Crippen LogP contribution is -2.14. The van der Waals surface area contributed by atoms with Crippen molar-refractivity contribution in [1.29, 1.82) is 0 Å². The third kappa shape index (κ3) is 7.76. The van der Waals surface area contributed by atoms with Crippen LogP contribution in [0.15, 0.2) is 21.1 Å². The number of benzene rings is 1. The maximum Gasteiger partial charge on any atom is 0.441 e. The van der Waals surface area contributed by atoms with Gasteiger partial charge in [-0.2, -0.15) is 13.2 Å². The predicted octanol–water partition coefficient (Wildman–Crippen LogP) is 5.34. The van der Waals surface area contributed by atoms with E-state index in [1.165, 1.54) is 0 Å². The third-order valence-electron chi connectivity index (χ3n) is 2.41. The minimum Gasteiger partial charge on any atom is -0.490 e. The molecule has 1 aromatic carbocycles. The molecule has 0 saturated carbocycles. The summed E-state index contributed by atoms with van der Waals surface area (Å²) in [6.07, 6.45) is 1.06. The maximum absolute atomic E-state index is 12.0. The highest BCUT2D eigenvalue weighted by molar-refractivity contribution is 9.11. The SMILES string of the molecule is CCCNCc1cc(Br)c(OCCSC(F)(F)F)c(Br)c1. The van der Waals surface area contributed by atoms with E-state index in [1.807, 2.05) is 12.1 Å². The molecule has 2 nitrogen and oxygen atoms in total. The molecule has 0 aliphatic heterocycles. The summed E-state index contributed by atoms with van der Waals surface area (Å²) in [5, 5.41) is 3.28. The Labute approximate surface area is 143 Å². The molecule has 0 unspecified atom stereocenters. The summed E-state index contributed by atoms with van der Waals surface area (Å²) in [7, 11) is 0. The van der Waals surface area contributed by atoms with Crippen LogP contribution >= 0.6 is 43.6 Å². The molecule has 0 atom stereocenters. The van der Waals surface area contributed by atoms with Gasteiger partial charge in [-0.3, -0.25) is 0 Å². The zero-order valence-corrected chi connectivity index (χ0v) is 15.4. The molecule has 0 amide bonds. The van der Waals surface area contributed by atoms with Crippen LogP contribution in [0.5, 0.6) is 5.75 Å². The zero-order chi connectivity index (χ0) is 15.9. The number of nitrogens with one attached hydrogen (secondary N) is 1. The van der Waals surface area contributed by atoms with Crippen molar-refractivity contribution in [2.75, 3.05) is 18.9 Å². The van der Waals surface area contributed by atoms with Gasteiger partial charge in [0.25, 0.3) is 0 Å². The van der Waals surface area contributed by atoms with Crippen molar-refractivity contribution in [2.24, 2.45) is 0 Å². The van der Waals surface area contributed by atoms with E-state index in [9.17, 15) is 13.2 Å². The minimum atomic E-state index is -4.22. The molecule has 0 bridgehead atoms. The van der Waals surface area contributed by atoms with Crippen molar-refractivity contribution >= 4 is 43.6 Å². The second-order valence-electron chi connectivity index (χ2n) is 4.21. The van der Waals surface area contributed by atoms with Gasteiger partial charge in [0.2, 0.25) is 0 Å². The van der Waals surface area contributed by atoms with Gasteiger partial charge < -0.3 is 10.1 Å². The van der Waals surface area contributed by atoms with E-state index >= 15 is 0 Å². The number of alkyl halides is 3. The third-order valence-corrected chi connectivity index (χ3v) is 4.29. The van der Waals surface area contributed by atoms with Crippen LogP contribution in [0.25, 0.3) is 0 Å². The monoisotopic (exact) mass is 449 g/mol. The molecule has 1 rings (SSSR count). The van der Waals surface area contributed by atoms with Crippen LogP contribution in [-0.2, 0) is 6.54 Å². The standard InChI is InChI=1S/C13H16Br2F3NOS/c1-2-3-19-8-9-6-10(14)12(11(15)7-9)20-4-5-21-13(16,17)18/h6-7,19H,2-5,8H2,1H3. The van der Waals surface area contributed by atoms with Crippen LogP contribution < -0.4 is 10.1 Å². The van der Waals surface area contributed by atoms with E-state index in [4.69, 9.17) is 4.74 Å². The fourth-order valence-electron chi connectivity index (χ4n) is 1.56. The number of halogens is 5. The molecule has 0 spiro atoms. The number of hydrogen-bond donors (Lipinski definition) is 1. The summed E-state index contributed by atoms with van der Waals surface area (Å²) in [6, 6.07) is 3.80. The van der Waals surface area contributed by atoms with Crippen LogP contribution in [0.4, 0.5) is 13.2 Å². The van der Waals surface area contributed by atoms with Crippen LogP contribution in [0.1, 0.15) is 18.9 Å². The summed E-state index contributed by atoms with van der Waals surface area (Å²) >= 11 is 6.69. The molecule has 0 radical (unpaired) electrons. The van der Waals surface area contributed by atoms with Crippen LogP contribution in [0.3, 0.4) is 0 Å². The van der Waals surface area contributed by atoms with Crippen LogP contribution in [0.2, 0.25) is 0 Å². The average molecular weight is 451 g/mol. The van der Waals surface area contributed by atoms with Gasteiger partial charge in [-0.05, 0) is 74.3 Å². The molecule has 0 aliphatic rings. The van der Waals surface area contributed by atoms with Crippen molar-refractivity contribution in [3.63, 3.8) is 0 Å². The molecule has 21 heavy (non-hydrogen) atoms. The quantitative estimate of drug-likeness (QED) is 0.540. The lowest BCUT2D eigenvalue weighted by Gasteiger charge is -2.13. The normalized spacial score (nSPS) is 11.7. The van der Waals surface area contributed by atoms with Crippen molar-refractivity contribution in [2.45, 2.75) is 25.4 Å². The summed E-state index contributed by atoms with van der Waals surface area (Å²) in [5.74, 6) is 0.388. The predicted molar refractivity (Wildman–Crippen MR) is 87.8 cm³/mol. The molecule has 0 aliphatic carbocycles. The van der Waals surface area contributed by atoms with Crippen molar-refractivity contribution in [3.05, 3.63) is 26.6 Å². The van der Waals surface area contributed by atoms with Crippen LogP contribution in [-0.4, -0.2) is 24.4 Å². The molecule has 1 aromatic rings. The van der Waals surface area contributed by atoms with E-state index in [1.54, 1.807) is 0 Å². The average Bonchev–Trinajstić information content (AvgIpc) is 2.36. The summed E-state index contributed by atoms with van der Waals surface area (Å²) in [5.41, 5.74) is -3.15. The van der Waals surface area contributed by atoms with Crippen LogP contribution in [0, 0.1) is 0 Å². The Morgan fingerprint density at radius 2 is 1.86 bits per heavy atom. The summed E-state index contributed by atoms with van der Waals surface area (Å²) in [6.45, 7) is 3.75. The Kier molecular flexibility index (Phi) is 8.44. The molecular formula is C13H16Br2F3NOS. The Bertz CT molecular complexity index is 435. The number of thioether (sulfide) groups is 1. The summed E-state index contributed by atoms with van der Waals surface area (Å²) in [4.78, 5) is 0. The number of hydrogen-bond acceptors (Lipinski definition) is 3. The van der Waals surface area contributed by atoms with E-state index < -0.39 is 5.51 Å². The maximum atomic E-state index is 12.0. The van der Waals surface area contributed by atoms with Gasteiger partial charge in [-0.1, -0.05) is 6.92 Å². The van der Waals surface area contributed by atoms with Crippen molar-refractivity contribution < 1.29 is 17.9 Å². The number of rotatable bonds is 8. The molecule has 0 saturated heterocycles. The fraction of sp³-hybridized carbons (Fsp3) is 0.538. The van der Waals surface area contributed by atoms with E-state index in [0.717, 1.165) is 34.0 Å². The van der Waals surface area contributed by atoms with Crippen molar-refractivity contribution in [3.8, 4) is 5.75 Å². The van der Waals surface area contributed by atoms with Gasteiger partial charge in [-0.15, -0.1) is 0 Å². The minimum absolute atomic E-state index is 0.00515. The largest absolute Gasteiger partial charge is 0.490 e. The smallest absolute Gasteiger partial charge is 0.441 e. The first-order valence-electron chi connectivity index (χ1n) is 6.35. The fourth-order valence-corrected chi connectivity index (χ4v) is 3.47. The second-order valence-corrected chi connectivity index (χ2v) is 7.08. The second kappa shape index (κ2) is 9.27.